The highest BCUT2D eigenvalue weighted by atomic mass is 16.1. The van der Waals surface area contributed by atoms with Crippen molar-refractivity contribution < 1.29 is 4.79 Å². The van der Waals surface area contributed by atoms with Crippen LogP contribution in [0.3, 0.4) is 0 Å². The molecule has 0 saturated carbocycles. The Morgan fingerprint density at radius 3 is 3.12 bits per heavy atom. The standard InChI is InChI=1S/C12H17N3O/c1-2-7-15-12(13-9-14-15)8-11(16)10-5-3-4-6-10/h5,9H,2-4,6-8H2,1H3. The Morgan fingerprint density at radius 2 is 2.44 bits per heavy atom. The van der Waals surface area contributed by atoms with Gasteiger partial charge in [-0.1, -0.05) is 13.0 Å². The van der Waals surface area contributed by atoms with Gasteiger partial charge in [-0.15, -0.1) is 0 Å². The van der Waals surface area contributed by atoms with Crippen molar-refractivity contribution in [2.24, 2.45) is 0 Å². The van der Waals surface area contributed by atoms with Crippen LogP contribution in [0.2, 0.25) is 0 Å². The molecule has 2 rings (SSSR count). The molecule has 0 amide bonds. The molecular formula is C12H17N3O. The van der Waals surface area contributed by atoms with Crippen LogP contribution in [0.25, 0.3) is 0 Å². The Balaban J connectivity index is 2.02. The molecule has 16 heavy (non-hydrogen) atoms. The lowest BCUT2D eigenvalue weighted by molar-refractivity contribution is -0.115. The van der Waals surface area contributed by atoms with Crippen molar-refractivity contribution in [1.29, 1.82) is 0 Å². The molecule has 4 heteroatoms. The zero-order chi connectivity index (χ0) is 11.4. The largest absolute Gasteiger partial charge is 0.294 e. The molecule has 0 N–H and O–H groups in total. The minimum Gasteiger partial charge on any atom is -0.294 e. The van der Waals surface area contributed by atoms with Gasteiger partial charge in [0, 0.05) is 6.54 Å². The molecule has 1 aromatic heterocycles. The van der Waals surface area contributed by atoms with Crippen LogP contribution < -0.4 is 0 Å². The predicted octanol–water partition coefficient (Wildman–Crippen LogP) is 1.91. The number of aryl methyl sites for hydroxylation is 1. The van der Waals surface area contributed by atoms with Crippen LogP contribution in [0.1, 0.15) is 38.4 Å². The summed E-state index contributed by atoms with van der Waals surface area (Å²) < 4.78 is 1.83. The lowest BCUT2D eigenvalue weighted by Crippen LogP contribution is -2.12. The zero-order valence-electron chi connectivity index (χ0n) is 9.65. The van der Waals surface area contributed by atoms with Gasteiger partial charge in [0.2, 0.25) is 0 Å². The molecule has 0 saturated heterocycles. The molecule has 1 aliphatic rings. The van der Waals surface area contributed by atoms with E-state index in [4.69, 9.17) is 0 Å². The van der Waals surface area contributed by atoms with E-state index in [9.17, 15) is 4.79 Å². The first-order valence-corrected chi connectivity index (χ1v) is 5.90. The number of rotatable bonds is 5. The predicted molar refractivity (Wildman–Crippen MR) is 61.0 cm³/mol. The second kappa shape index (κ2) is 5.05. The molecule has 1 aliphatic carbocycles. The number of aromatic nitrogens is 3. The van der Waals surface area contributed by atoms with E-state index in [-0.39, 0.29) is 5.78 Å². The van der Waals surface area contributed by atoms with Crippen LogP contribution in [0.15, 0.2) is 18.0 Å². The van der Waals surface area contributed by atoms with E-state index in [1.165, 1.54) is 6.33 Å². The molecule has 0 bridgehead atoms. The molecule has 0 aliphatic heterocycles. The number of hydrogen-bond acceptors (Lipinski definition) is 3. The van der Waals surface area contributed by atoms with Crippen LogP contribution in [0.4, 0.5) is 0 Å². The van der Waals surface area contributed by atoms with Crippen molar-refractivity contribution >= 4 is 5.78 Å². The molecule has 1 heterocycles. The molecule has 1 aromatic rings. The van der Waals surface area contributed by atoms with Gasteiger partial charge in [0.15, 0.2) is 5.78 Å². The lowest BCUT2D eigenvalue weighted by atomic mass is 10.1. The third-order valence-corrected chi connectivity index (χ3v) is 2.85. The lowest BCUT2D eigenvalue weighted by Gasteiger charge is -2.04. The van der Waals surface area contributed by atoms with E-state index in [2.05, 4.69) is 23.1 Å². The highest BCUT2D eigenvalue weighted by Gasteiger charge is 2.16. The molecule has 0 aromatic carbocycles. The topological polar surface area (TPSA) is 47.8 Å². The van der Waals surface area contributed by atoms with Crippen LogP contribution in [-0.4, -0.2) is 20.5 Å². The van der Waals surface area contributed by atoms with Gasteiger partial charge in [0.25, 0.3) is 0 Å². The Bertz CT molecular complexity index is 406. The highest BCUT2D eigenvalue weighted by molar-refractivity contribution is 5.96. The molecule has 86 valence electrons. The number of carbonyl (C=O) groups excluding carboxylic acids is 1. The van der Waals surface area contributed by atoms with Gasteiger partial charge in [-0.3, -0.25) is 4.79 Å². The molecular weight excluding hydrogens is 202 g/mol. The van der Waals surface area contributed by atoms with Crippen molar-refractivity contribution in [3.8, 4) is 0 Å². The molecule has 0 spiro atoms. The average Bonchev–Trinajstić information content (AvgIpc) is 2.90. The normalized spacial score (nSPS) is 15.2. The number of Topliss-reactive ketones (excluding diaryl/α,β-unsaturated/α-hetero) is 1. The van der Waals surface area contributed by atoms with Crippen molar-refractivity contribution in [1.82, 2.24) is 14.8 Å². The molecule has 0 radical (unpaired) electrons. The van der Waals surface area contributed by atoms with Gasteiger partial charge < -0.3 is 0 Å². The summed E-state index contributed by atoms with van der Waals surface area (Å²) in [7, 11) is 0. The second-order valence-electron chi connectivity index (χ2n) is 4.12. The summed E-state index contributed by atoms with van der Waals surface area (Å²) in [6.07, 6.45) is 8.08. The minimum absolute atomic E-state index is 0.211. The van der Waals surface area contributed by atoms with E-state index >= 15 is 0 Å². The summed E-state index contributed by atoms with van der Waals surface area (Å²) >= 11 is 0. The van der Waals surface area contributed by atoms with Gasteiger partial charge in [0.05, 0.1) is 6.42 Å². The smallest absolute Gasteiger partial charge is 0.166 e. The van der Waals surface area contributed by atoms with E-state index < -0.39 is 0 Å². The fourth-order valence-electron chi connectivity index (χ4n) is 2.00. The first-order valence-electron chi connectivity index (χ1n) is 5.90. The van der Waals surface area contributed by atoms with Crippen LogP contribution in [0, 0.1) is 0 Å². The fourth-order valence-corrected chi connectivity index (χ4v) is 2.00. The molecule has 0 atom stereocenters. The molecule has 0 fully saturated rings. The number of allylic oxidation sites excluding steroid dienone is 2. The maximum atomic E-state index is 11.9. The van der Waals surface area contributed by atoms with Crippen molar-refractivity contribution in [3.05, 3.63) is 23.8 Å². The van der Waals surface area contributed by atoms with Crippen LogP contribution >= 0.6 is 0 Å². The maximum Gasteiger partial charge on any atom is 0.166 e. The molecule has 0 unspecified atom stereocenters. The van der Waals surface area contributed by atoms with Crippen molar-refractivity contribution in [3.63, 3.8) is 0 Å². The Kier molecular flexibility index (Phi) is 3.49. The van der Waals surface area contributed by atoms with Crippen molar-refractivity contribution in [2.75, 3.05) is 0 Å². The van der Waals surface area contributed by atoms with E-state index in [1.807, 2.05) is 4.68 Å². The zero-order valence-corrected chi connectivity index (χ0v) is 9.65. The highest BCUT2D eigenvalue weighted by Crippen LogP contribution is 2.19. The Hall–Kier alpha value is -1.45. The number of hydrogen-bond donors (Lipinski definition) is 0. The summed E-state index contributed by atoms with van der Waals surface area (Å²) in [6, 6.07) is 0. The summed E-state index contributed by atoms with van der Waals surface area (Å²) in [5, 5.41) is 4.12. The number of nitrogens with zero attached hydrogens (tertiary/aromatic N) is 3. The SMILES string of the molecule is CCCn1ncnc1CC(=O)C1=CCCC1. The fraction of sp³-hybridized carbons (Fsp3) is 0.583. The minimum atomic E-state index is 0.211. The van der Waals surface area contributed by atoms with Gasteiger partial charge >= 0.3 is 0 Å². The number of carbonyl (C=O) groups is 1. The first-order chi connectivity index (χ1) is 7.81. The third kappa shape index (κ3) is 2.38. The molecule has 4 nitrogen and oxygen atoms in total. The first kappa shape index (κ1) is 11.0. The van der Waals surface area contributed by atoms with Gasteiger partial charge in [-0.05, 0) is 31.3 Å². The van der Waals surface area contributed by atoms with Gasteiger partial charge in [-0.25, -0.2) is 9.67 Å². The number of ketones is 1. The van der Waals surface area contributed by atoms with Gasteiger partial charge in [-0.2, -0.15) is 5.10 Å². The quantitative estimate of drug-likeness (QED) is 0.760. The summed E-state index contributed by atoms with van der Waals surface area (Å²) in [4.78, 5) is 16.1. The van der Waals surface area contributed by atoms with E-state index in [1.54, 1.807) is 0 Å². The third-order valence-electron chi connectivity index (χ3n) is 2.85. The van der Waals surface area contributed by atoms with Crippen LogP contribution in [0.5, 0.6) is 0 Å². The Morgan fingerprint density at radius 1 is 1.56 bits per heavy atom. The average molecular weight is 219 g/mol. The Labute approximate surface area is 95.4 Å². The maximum absolute atomic E-state index is 11.9. The van der Waals surface area contributed by atoms with Gasteiger partial charge in [0.1, 0.15) is 12.2 Å². The summed E-state index contributed by atoms with van der Waals surface area (Å²) in [5.41, 5.74) is 0.978. The monoisotopic (exact) mass is 219 g/mol. The van der Waals surface area contributed by atoms with Crippen LogP contribution in [-0.2, 0) is 17.8 Å². The summed E-state index contributed by atoms with van der Waals surface area (Å²) in [5.74, 6) is 1.00. The van der Waals surface area contributed by atoms with E-state index in [0.29, 0.717) is 6.42 Å². The second-order valence-corrected chi connectivity index (χ2v) is 4.12. The van der Waals surface area contributed by atoms with Crippen molar-refractivity contribution in [2.45, 2.75) is 45.6 Å². The summed E-state index contributed by atoms with van der Waals surface area (Å²) in [6.45, 7) is 2.93. The van der Waals surface area contributed by atoms with E-state index in [0.717, 1.165) is 43.6 Å².